The predicted octanol–water partition coefficient (Wildman–Crippen LogP) is 7.48. The van der Waals surface area contributed by atoms with Crippen LogP contribution in [-0.2, 0) is 54.2 Å². The first-order valence-electron chi connectivity index (χ1n) is 29.4. The number of aliphatic carboxylic acids is 1. The summed E-state index contributed by atoms with van der Waals surface area (Å²) in [5, 5.41) is 17.5. The Morgan fingerprint density at radius 1 is 0.563 bits per heavy atom. The highest BCUT2D eigenvalue weighted by molar-refractivity contribution is 6.09. The predicted molar refractivity (Wildman–Crippen MR) is 335 cm³/mol. The van der Waals surface area contributed by atoms with Gasteiger partial charge in [-0.25, -0.2) is 29.5 Å². The number of amides is 3. The maximum atomic E-state index is 12.8. The quantitative estimate of drug-likeness (QED) is 0.0701. The van der Waals surface area contributed by atoms with Crippen molar-refractivity contribution in [2.24, 2.45) is 9.98 Å². The molecule has 6 aromatic rings. The number of nitrogens with two attached hydrogens (primary N) is 1. The number of aliphatic imine (C=N–C) groups is 2. The van der Waals surface area contributed by atoms with Gasteiger partial charge in [-0.15, -0.1) is 0 Å². The van der Waals surface area contributed by atoms with Crippen LogP contribution in [-0.4, -0.2) is 163 Å². The van der Waals surface area contributed by atoms with Crippen molar-refractivity contribution < 1.29 is 43.2 Å². The SMILES string of the molecule is CC(C)(C)OC(=O)NC1CN(c2ccnc(CC(=O)Nc3ccc(C4=Nc5c(ccnc5N5CCOCC5)C4)cc3)c2)C1.CC(C)(C)OC(=O)NC1CN(c2ccnc(CC(=O)O)c2)C1.Nc1ccc(C2=Nc3c(ccnc3N3CCOCC3)C2)cc1. The third-order valence-corrected chi connectivity index (χ3v) is 14.8. The lowest BCUT2D eigenvalue weighted by molar-refractivity contribution is -0.136. The number of carbonyl (C=O) groups excluding carboxylic acids is 3. The van der Waals surface area contributed by atoms with E-state index in [1.807, 2.05) is 127 Å². The van der Waals surface area contributed by atoms with Crippen molar-refractivity contribution in [2.45, 2.75) is 90.5 Å². The highest BCUT2D eigenvalue weighted by atomic mass is 16.6. The van der Waals surface area contributed by atoms with Gasteiger partial charge in [0.25, 0.3) is 0 Å². The summed E-state index contributed by atoms with van der Waals surface area (Å²) < 4.78 is 21.5. The lowest BCUT2D eigenvalue weighted by atomic mass is 10.0. The number of benzene rings is 2. The number of nitrogens with one attached hydrogen (secondary N) is 3. The molecule has 6 aliphatic heterocycles. The van der Waals surface area contributed by atoms with Gasteiger partial charge < -0.3 is 65.3 Å². The summed E-state index contributed by atoms with van der Waals surface area (Å²) in [6, 6.07) is 27.3. The van der Waals surface area contributed by atoms with Crippen molar-refractivity contribution in [3.05, 3.63) is 143 Å². The van der Waals surface area contributed by atoms with E-state index in [2.05, 4.69) is 61.6 Å². The van der Waals surface area contributed by atoms with Crippen LogP contribution in [0.1, 0.15) is 75.2 Å². The van der Waals surface area contributed by atoms with Crippen LogP contribution in [0.3, 0.4) is 0 Å². The number of ether oxygens (including phenoxy) is 4. The van der Waals surface area contributed by atoms with Gasteiger partial charge in [-0.1, -0.05) is 24.3 Å². The minimum absolute atomic E-state index is 0.0191. The number of hydrogen-bond acceptors (Lipinski definition) is 19. The molecule has 6 aliphatic rings. The molecule has 0 aliphatic carbocycles. The second-order valence-electron chi connectivity index (χ2n) is 24.0. The molecule has 0 spiro atoms. The van der Waals surface area contributed by atoms with Gasteiger partial charge in [-0.3, -0.25) is 19.6 Å². The number of pyridine rings is 4. The maximum Gasteiger partial charge on any atom is 0.407 e. The number of morpholine rings is 2. The second kappa shape index (κ2) is 27.0. The Kier molecular flexibility index (Phi) is 18.9. The fraction of sp³-hybridized carbons (Fsp3) is 0.406. The number of hydrogen-bond donors (Lipinski definition) is 5. The Labute approximate surface area is 506 Å². The lowest BCUT2D eigenvalue weighted by Crippen LogP contribution is -2.60. The standard InChI is InChI=1S/C32H37N7O4.C17H18N4O.C15H21N3O4/c1-32(2,3)43-31(41)36-25-19-39(20-25)26-9-11-33-24(17-26)18-28(40)35-23-6-4-21(5-7-23)27-16-22-8-10-34-30(29(22)37-27)38-12-14-42-15-13-38;18-14-3-1-12(2-4-14)15-11-13-5-6-19-17(16(13)20-15)21-7-9-22-10-8-21;1-15(2,3)22-14(21)17-11-8-18(9-11)12-4-5-16-10(6-12)7-13(19)20/h4-11,17,25H,12-16,18-20H2,1-3H3,(H,35,40)(H,36,41);1-6H,7-11,18H2;4-6,11H,7-9H2,1-3H3,(H,17,21)(H,19,20). The molecule has 0 unspecified atom stereocenters. The molecule has 23 nitrogen and oxygen atoms in total. The fourth-order valence-electron chi connectivity index (χ4n) is 10.5. The molecule has 4 saturated heterocycles. The molecule has 6 N–H and O–H groups in total. The normalized spacial score (nSPS) is 16.4. The molecule has 0 saturated carbocycles. The summed E-state index contributed by atoms with van der Waals surface area (Å²) >= 11 is 0. The number of nitrogens with zero attached hydrogens (tertiary/aromatic N) is 10. The van der Waals surface area contributed by atoms with Crippen LogP contribution in [0.15, 0.2) is 120 Å². The number of nitrogen functional groups attached to an aromatic ring is 1. The molecule has 456 valence electrons. The molecule has 10 heterocycles. The monoisotopic (exact) mass is 1180 g/mol. The van der Waals surface area contributed by atoms with Gasteiger partial charge >= 0.3 is 18.2 Å². The molecule has 0 atom stereocenters. The lowest BCUT2D eigenvalue weighted by Gasteiger charge is -2.41. The molecule has 0 radical (unpaired) electrons. The largest absolute Gasteiger partial charge is 0.481 e. The van der Waals surface area contributed by atoms with Crippen LogP contribution < -0.4 is 41.3 Å². The van der Waals surface area contributed by atoms with Gasteiger partial charge in [0.05, 0.1) is 74.2 Å². The summed E-state index contributed by atoms with van der Waals surface area (Å²) in [7, 11) is 0. The van der Waals surface area contributed by atoms with Crippen molar-refractivity contribution >= 4 is 81.2 Å². The van der Waals surface area contributed by atoms with Crippen molar-refractivity contribution in [1.29, 1.82) is 0 Å². The van der Waals surface area contributed by atoms with Crippen LogP contribution in [0, 0.1) is 0 Å². The van der Waals surface area contributed by atoms with E-state index in [9.17, 15) is 19.2 Å². The molecular formula is C64H76N14O9. The summed E-state index contributed by atoms with van der Waals surface area (Å²) in [5.74, 6) is 0.852. The molecule has 2 aromatic carbocycles. The number of carboxylic acid groups (broad SMARTS) is 1. The van der Waals surface area contributed by atoms with E-state index in [0.29, 0.717) is 50.8 Å². The summed E-state index contributed by atoms with van der Waals surface area (Å²) in [5.41, 5.74) is 17.9. The Bertz CT molecular complexity index is 3490. The van der Waals surface area contributed by atoms with Crippen LogP contribution >= 0.6 is 0 Å². The number of aromatic nitrogens is 4. The van der Waals surface area contributed by atoms with Crippen LogP contribution in [0.2, 0.25) is 0 Å². The third kappa shape index (κ3) is 16.6. The zero-order valence-corrected chi connectivity index (χ0v) is 50.1. The third-order valence-electron chi connectivity index (χ3n) is 14.8. The topological polar surface area (TPSA) is 277 Å². The maximum absolute atomic E-state index is 12.8. The molecule has 87 heavy (non-hydrogen) atoms. The van der Waals surface area contributed by atoms with Crippen molar-refractivity contribution in [2.75, 3.05) is 109 Å². The molecule has 4 fully saturated rings. The fourth-order valence-corrected chi connectivity index (χ4v) is 10.5. The van der Waals surface area contributed by atoms with Gasteiger partial charge in [0, 0.05) is 113 Å². The number of carbonyl (C=O) groups is 4. The Morgan fingerprint density at radius 3 is 1.40 bits per heavy atom. The van der Waals surface area contributed by atoms with Crippen molar-refractivity contribution in [1.82, 2.24) is 30.6 Å². The molecule has 3 amide bonds. The van der Waals surface area contributed by atoms with E-state index < -0.39 is 29.4 Å². The minimum atomic E-state index is -0.905. The highest BCUT2D eigenvalue weighted by Crippen LogP contribution is 2.38. The van der Waals surface area contributed by atoms with Gasteiger partial charge in [0.1, 0.15) is 22.6 Å². The van der Waals surface area contributed by atoms with E-state index in [0.717, 1.165) is 121 Å². The first-order chi connectivity index (χ1) is 41.7. The Morgan fingerprint density at radius 2 is 0.977 bits per heavy atom. The molecule has 0 bridgehead atoms. The average Bonchev–Trinajstić information content (AvgIpc) is 2.12. The van der Waals surface area contributed by atoms with Crippen LogP contribution in [0.25, 0.3) is 0 Å². The zero-order valence-electron chi connectivity index (χ0n) is 50.1. The average molecular weight is 1190 g/mol. The van der Waals surface area contributed by atoms with Crippen LogP contribution in [0.4, 0.5) is 55.3 Å². The van der Waals surface area contributed by atoms with Crippen LogP contribution in [0.5, 0.6) is 0 Å². The summed E-state index contributed by atoms with van der Waals surface area (Å²) in [6.07, 6.45) is 7.87. The molecule has 12 rings (SSSR count). The number of alkyl carbamates (subject to hydrolysis) is 2. The van der Waals surface area contributed by atoms with E-state index in [4.69, 9.17) is 39.8 Å². The van der Waals surface area contributed by atoms with Gasteiger partial charge in [0.15, 0.2) is 11.6 Å². The van der Waals surface area contributed by atoms with Crippen molar-refractivity contribution in [3.8, 4) is 0 Å². The molecule has 23 heteroatoms. The van der Waals surface area contributed by atoms with E-state index in [1.165, 1.54) is 11.1 Å². The number of fused-ring (bicyclic) bond motifs is 2. The summed E-state index contributed by atoms with van der Waals surface area (Å²) in [4.78, 5) is 83.3. The van der Waals surface area contributed by atoms with E-state index in [1.54, 1.807) is 18.5 Å². The number of rotatable bonds is 13. The highest BCUT2D eigenvalue weighted by Gasteiger charge is 2.32. The minimum Gasteiger partial charge on any atom is -0.481 e. The zero-order chi connectivity index (χ0) is 61.2. The first kappa shape index (κ1) is 60.9. The Balaban J connectivity index is 0.000000160. The number of anilines is 6. The second-order valence-corrected chi connectivity index (χ2v) is 24.0. The van der Waals surface area contributed by atoms with Gasteiger partial charge in [-0.05, 0) is 124 Å². The van der Waals surface area contributed by atoms with E-state index >= 15 is 0 Å². The van der Waals surface area contributed by atoms with Gasteiger partial charge in [0.2, 0.25) is 5.91 Å². The van der Waals surface area contributed by atoms with E-state index in [-0.39, 0.29) is 30.8 Å². The molecular weight excluding hydrogens is 1110 g/mol. The molecule has 4 aromatic heterocycles. The first-order valence-corrected chi connectivity index (χ1v) is 29.4. The smallest absolute Gasteiger partial charge is 0.407 e. The summed E-state index contributed by atoms with van der Waals surface area (Å²) in [6.45, 7) is 19.9. The van der Waals surface area contributed by atoms with Gasteiger partial charge in [-0.2, -0.15) is 0 Å². The Hall–Kier alpha value is -9.22. The van der Waals surface area contributed by atoms with Crippen molar-refractivity contribution in [3.63, 3.8) is 0 Å². The number of carboxylic acids is 1.